The average Bonchev–Trinajstić information content (AvgIpc) is 3.38. The first-order valence-corrected chi connectivity index (χ1v) is 12.1. The molecule has 3 aromatic heterocycles. The van der Waals surface area contributed by atoms with Crippen molar-refractivity contribution in [3.63, 3.8) is 0 Å². The fraction of sp³-hybridized carbons (Fsp3) is 0.480. The highest BCUT2D eigenvalue weighted by molar-refractivity contribution is 6.30. The Hall–Kier alpha value is -2.48. The van der Waals surface area contributed by atoms with Crippen molar-refractivity contribution in [1.29, 1.82) is 0 Å². The summed E-state index contributed by atoms with van der Waals surface area (Å²) in [6, 6.07) is 7.75. The SMILES string of the molecule is CCc1nc2ccc(Cl)cn2c1C(=O)CCc1ccc(N2CCC3(CC2)OC[C@@H](C)O3)nc1. The highest BCUT2D eigenvalue weighted by Gasteiger charge is 2.42. The standard InChI is InChI=1S/C25H29ClN4O3/c1-3-20-24(30-15-19(26)6-9-23(30)28-20)21(31)7-4-18-5-8-22(27-14-18)29-12-10-25(11-13-29)32-16-17(2)33-25/h5-6,8-9,14-15,17H,3-4,7,10-13,16H2,1-2H3/t17-/m1/s1. The summed E-state index contributed by atoms with van der Waals surface area (Å²) in [7, 11) is 0. The van der Waals surface area contributed by atoms with Gasteiger partial charge in [0, 0.05) is 44.7 Å². The Morgan fingerprint density at radius 3 is 2.73 bits per heavy atom. The molecule has 1 atom stereocenters. The molecule has 33 heavy (non-hydrogen) atoms. The van der Waals surface area contributed by atoms with E-state index in [-0.39, 0.29) is 11.9 Å². The number of carbonyl (C=O) groups excluding carboxylic acids is 1. The maximum atomic E-state index is 13.1. The van der Waals surface area contributed by atoms with Gasteiger partial charge in [-0.3, -0.25) is 9.20 Å². The number of rotatable bonds is 6. The van der Waals surface area contributed by atoms with E-state index >= 15 is 0 Å². The van der Waals surface area contributed by atoms with Gasteiger partial charge in [0.1, 0.15) is 17.2 Å². The number of ketones is 1. The maximum absolute atomic E-state index is 13.1. The molecule has 2 saturated heterocycles. The third-order valence-electron chi connectivity index (χ3n) is 6.55. The minimum absolute atomic E-state index is 0.0674. The van der Waals surface area contributed by atoms with Crippen LogP contribution in [0.25, 0.3) is 5.65 Å². The Bertz CT molecular complexity index is 1150. The quantitative estimate of drug-likeness (QED) is 0.496. The van der Waals surface area contributed by atoms with Crippen LogP contribution in [0.15, 0.2) is 36.7 Å². The van der Waals surface area contributed by atoms with Gasteiger partial charge in [0.05, 0.1) is 23.4 Å². The summed E-state index contributed by atoms with van der Waals surface area (Å²) >= 11 is 6.16. The summed E-state index contributed by atoms with van der Waals surface area (Å²) in [5.41, 5.74) is 3.23. The molecule has 5 heterocycles. The zero-order valence-electron chi connectivity index (χ0n) is 19.1. The van der Waals surface area contributed by atoms with Crippen LogP contribution in [0.2, 0.25) is 5.02 Å². The van der Waals surface area contributed by atoms with Crippen molar-refractivity contribution in [3.8, 4) is 0 Å². The van der Waals surface area contributed by atoms with Gasteiger partial charge in [0.15, 0.2) is 11.6 Å². The third-order valence-corrected chi connectivity index (χ3v) is 6.77. The van der Waals surface area contributed by atoms with Crippen LogP contribution in [0.4, 0.5) is 5.82 Å². The molecular weight excluding hydrogens is 440 g/mol. The molecule has 2 fully saturated rings. The Labute approximate surface area is 198 Å². The molecule has 7 nitrogen and oxygen atoms in total. The maximum Gasteiger partial charge on any atom is 0.181 e. The molecule has 0 unspecified atom stereocenters. The van der Waals surface area contributed by atoms with Crippen molar-refractivity contribution in [1.82, 2.24) is 14.4 Å². The summed E-state index contributed by atoms with van der Waals surface area (Å²) in [5, 5.41) is 0.584. The molecule has 0 bridgehead atoms. The highest BCUT2D eigenvalue weighted by atomic mass is 35.5. The first-order chi connectivity index (χ1) is 16.0. The lowest BCUT2D eigenvalue weighted by molar-refractivity contribution is -0.178. The number of anilines is 1. The molecule has 2 aliphatic rings. The fourth-order valence-corrected chi connectivity index (χ4v) is 4.94. The normalized spacial score (nSPS) is 20.1. The smallest absolute Gasteiger partial charge is 0.181 e. The van der Waals surface area contributed by atoms with Gasteiger partial charge in [-0.05, 0) is 43.5 Å². The van der Waals surface area contributed by atoms with E-state index in [2.05, 4.69) is 27.9 Å². The molecule has 174 valence electrons. The monoisotopic (exact) mass is 468 g/mol. The molecule has 0 N–H and O–H groups in total. The lowest BCUT2D eigenvalue weighted by Gasteiger charge is -2.38. The second-order valence-corrected chi connectivity index (χ2v) is 9.36. The minimum Gasteiger partial charge on any atom is -0.356 e. The second kappa shape index (κ2) is 9.05. The summed E-state index contributed by atoms with van der Waals surface area (Å²) < 4.78 is 13.7. The number of ether oxygens (including phenoxy) is 2. The number of carbonyl (C=O) groups is 1. The predicted octanol–water partition coefficient (Wildman–Crippen LogP) is 4.49. The van der Waals surface area contributed by atoms with Crippen LogP contribution in [0.3, 0.4) is 0 Å². The molecular formula is C25H29ClN4O3. The summed E-state index contributed by atoms with van der Waals surface area (Å²) in [6.45, 7) is 6.45. The number of pyridine rings is 2. The molecule has 0 aliphatic carbocycles. The van der Waals surface area contributed by atoms with Crippen molar-refractivity contribution in [2.45, 2.75) is 57.8 Å². The number of aryl methyl sites for hydroxylation is 2. The van der Waals surface area contributed by atoms with E-state index in [4.69, 9.17) is 21.1 Å². The zero-order chi connectivity index (χ0) is 23.0. The summed E-state index contributed by atoms with van der Waals surface area (Å²) in [6.07, 6.45) is 7.22. The van der Waals surface area contributed by atoms with Crippen molar-refractivity contribution in [3.05, 3.63) is 58.6 Å². The Kier molecular flexibility index (Phi) is 6.12. The Balaban J connectivity index is 1.21. The lowest BCUT2D eigenvalue weighted by Crippen LogP contribution is -2.45. The van der Waals surface area contributed by atoms with Crippen LogP contribution in [0.5, 0.6) is 0 Å². The fourth-order valence-electron chi connectivity index (χ4n) is 4.78. The highest BCUT2D eigenvalue weighted by Crippen LogP contribution is 2.35. The number of hydrogen-bond donors (Lipinski definition) is 0. The van der Waals surface area contributed by atoms with E-state index in [1.165, 1.54) is 0 Å². The topological polar surface area (TPSA) is 69.0 Å². The third kappa shape index (κ3) is 4.50. The molecule has 5 rings (SSSR count). The van der Waals surface area contributed by atoms with E-state index in [0.29, 0.717) is 36.6 Å². The van der Waals surface area contributed by atoms with Gasteiger partial charge in [-0.2, -0.15) is 0 Å². The number of Topliss-reactive ketones (excluding diaryl/α,β-unsaturated/α-hetero) is 1. The molecule has 1 spiro atoms. The molecule has 0 aromatic carbocycles. The number of aromatic nitrogens is 3. The molecule has 2 aliphatic heterocycles. The first kappa shape index (κ1) is 22.3. The largest absolute Gasteiger partial charge is 0.356 e. The van der Waals surface area contributed by atoms with Crippen LogP contribution in [-0.4, -0.2) is 51.7 Å². The van der Waals surface area contributed by atoms with Crippen LogP contribution < -0.4 is 4.90 Å². The van der Waals surface area contributed by atoms with Crippen molar-refractivity contribution in [2.24, 2.45) is 0 Å². The van der Waals surface area contributed by atoms with E-state index in [1.807, 2.05) is 29.7 Å². The number of hydrogen-bond acceptors (Lipinski definition) is 6. The minimum atomic E-state index is -0.407. The first-order valence-electron chi connectivity index (χ1n) is 11.7. The van der Waals surface area contributed by atoms with E-state index < -0.39 is 5.79 Å². The van der Waals surface area contributed by atoms with Crippen LogP contribution >= 0.6 is 11.6 Å². The second-order valence-electron chi connectivity index (χ2n) is 8.92. The molecule has 0 radical (unpaired) electrons. The molecule has 8 heteroatoms. The van der Waals surface area contributed by atoms with Gasteiger partial charge in [0.2, 0.25) is 0 Å². The van der Waals surface area contributed by atoms with Gasteiger partial charge in [-0.15, -0.1) is 0 Å². The van der Waals surface area contributed by atoms with Crippen LogP contribution in [0, 0.1) is 0 Å². The number of halogens is 1. The summed E-state index contributed by atoms with van der Waals surface area (Å²) in [5.74, 6) is 0.615. The van der Waals surface area contributed by atoms with Gasteiger partial charge in [-0.1, -0.05) is 24.6 Å². The number of nitrogens with zero attached hydrogens (tertiary/aromatic N) is 4. The van der Waals surface area contributed by atoms with Gasteiger partial charge >= 0.3 is 0 Å². The van der Waals surface area contributed by atoms with Crippen molar-refractivity contribution < 1.29 is 14.3 Å². The van der Waals surface area contributed by atoms with Crippen molar-refractivity contribution in [2.75, 3.05) is 24.6 Å². The lowest BCUT2D eigenvalue weighted by atomic mass is 10.0. The Morgan fingerprint density at radius 2 is 2.06 bits per heavy atom. The van der Waals surface area contributed by atoms with Gasteiger partial charge in [0.25, 0.3) is 0 Å². The molecule has 0 amide bonds. The van der Waals surface area contributed by atoms with E-state index in [9.17, 15) is 4.79 Å². The molecule has 3 aromatic rings. The average molecular weight is 469 g/mol. The van der Waals surface area contributed by atoms with Gasteiger partial charge in [-0.25, -0.2) is 9.97 Å². The molecule has 0 saturated carbocycles. The van der Waals surface area contributed by atoms with E-state index in [0.717, 1.165) is 48.7 Å². The number of fused-ring (bicyclic) bond motifs is 1. The van der Waals surface area contributed by atoms with Crippen LogP contribution in [-0.2, 0) is 22.3 Å². The van der Waals surface area contributed by atoms with Crippen LogP contribution in [0.1, 0.15) is 54.9 Å². The zero-order valence-corrected chi connectivity index (χ0v) is 19.8. The predicted molar refractivity (Wildman–Crippen MR) is 127 cm³/mol. The van der Waals surface area contributed by atoms with E-state index in [1.54, 1.807) is 12.3 Å². The Morgan fingerprint density at radius 1 is 1.24 bits per heavy atom. The number of imidazole rings is 1. The van der Waals surface area contributed by atoms with Crippen molar-refractivity contribution >= 4 is 28.8 Å². The van der Waals surface area contributed by atoms with Gasteiger partial charge < -0.3 is 14.4 Å². The summed E-state index contributed by atoms with van der Waals surface area (Å²) in [4.78, 5) is 24.6. The number of piperidine rings is 1.